The number of aromatic nitrogens is 2. The maximum absolute atomic E-state index is 12.9. The van der Waals surface area contributed by atoms with E-state index in [0.29, 0.717) is 18.8 Å². The van der Waals surface area contributed by atoms with Crippen molar-refractivity contribution < 1.29 is 14.3 Å². The molecule has 0 spiro atoms. The van der Waals surface area contributed by atoms with Gasteiger partial charge < -0.3 is 19.3 Å². The van der Waals surface area contributed by atoms with Crippen molar-refractivity contribution in [3.8, 4) is 11.5 Å². The fraction of sp³-hybridized carbons (Fsp3) is 0.476. The molecule has 1 aromatic carbocycles. The van der Waals surface area contributed by atoms with Gasteiger partial charge in [-0.2, -0.15) is 5.10 Å². The normalized spacial score (nSPS) is 17.0. The van der Waals surface area contributed by atoms with Crippen molar-refractivity contribution in [3.63, 3.8) is 0 Å². The fourth-order valence-corrected chi connectivity index (χ4v) is 3.98. The van der Waals surface area contributed by atoms with Crippen LogP contribution in [-0.4, -0.2) is 79.4 Å². The van der Waals surface area contributed by atoms with E-state index >= 15 is 0 Å². The molecule has 1 aromatic heterocycles. The van der Waals surface area contributed by atoms with Crippen LogP contribution in [0.3, 0.4) is 0 Å². The zero-order chi connectivity index (χ0) is 20.2. The van der Waals surface area contributed by atoms with Crippen LogP contribution in [-0.2, 0) is 17.8 Å². The van der Waals surface area contributed by atoms with E-state index in [9.17, 15) is 4.79 Å². The van der Waals surface area contributed by atoms with E-state index in [4.69, 9.17) is 9.47 Å². The van der Waals surface area contributed by atoms with E-state index in [-0.39, 0.29) is 5.91 Å². The predicted octanol–water partition coefficient (Wildman–Crippen LogP) is 1.20. The Morgan fingerprint density at radius 1 is 1.03 bits per heavy atom. The zero-order valence-electron chi connectivity index (χ0n) is 17.0. The Morgan fingerprint density at radius 2 is 1.76 bits per heavy atom. The molecule has 1 saturated heterocycles. The average Bonchev–Trinajstić information content (AvgIpc) is 2.78. The number of fused-ring (bicyclic) bond motifs is 1. The number of hydrogen-bond donors (Lipinski definition) is 0. The molecule has 2 aliphatic rings. The van der Waals surface area contributed by atoms with E-state index in [1.165, 1.54) is 5.56 Å². The van der Waals surface area contributed by atoms with Gasteiger partial charge in [0.25, 0.3) is 0 Å². The number of benzene rings is 1. The molecule has 1 amide bonds. The summed E-state index contributed by atoms with van der Waals surface area (Å²) >= 11 is 0. The number of carbonyl (C=O) groups is 1. The minimum Gasteiger partial charge on any atom is -0.493 e. The first-order chi connectivity index (χ1) is 14.2. The molecule has 8 nitrogen and oxygen atoms in total. The lowest BCUT2D eigenvalue weighted by molar-refractivity contribution is -0.133. The molecular formula is C21H27N5O3. The first kappa shape index (κ1) is 19.4. The zero-order valence-corrected chi connectivity index (χ0v) is 17.0. The highest BCUT2D eigenvalue weighted by Crippen LogP contribution is 2.33. The van der Waals surface area contributed by atoms with Gasteiger partial charge >= 0.3 is 0 Å². The highest BCUT2D eigenvalue weighted by atomic mass is 16.5. The predicted molar refractivity (Wildman–Crippen MR) is 109 cm³/mol. The first-order valence-electron chi connectivity index (χ1n) is 9.94. The van der Waals surface area contributed by atoms with Crippen LogP contribution in [0.5, 0.6) is 11.5 Å². The molecule has 0 N–H and O–H groups in total. The van der Waals surface area contributed by atoms with Gasteiger partial charge in [-0.3, -0.25) is 9.69 Å². The van der Waals surface area contributed by atoms with Crippen molar-refractivity contribution in [2.24, 2.45) is 0 Å². The lowest BCUT2D eigenvalue weighted by atomic mass is 9.98. The Labute approximate surface area is 171 Å². The Kier molecular flexibility index (Phi) is 5.80. The third-order valence-electron chi connectivity index (χ3n) is 5.68. The standard InChI is InChI=1S/C21H27N5O3/c1-28-18-12-16-5-7-26(14-17(16)13-19(18)29-2)21(27)15-24-8-10-25(11-9-24)20-4-3-6-22-23-20/h3-4,6,12-13H,5,7-11,14-15H2,1-2H3. The van der Waals surface area contributed by atoms with Crippen LogP contribution in [0.4, 0.5) is 5.82 Å². The highest BCUT2D eigenvalue weighted by Gasteiger charge is 2.26. The van der Waals surface area contributed by atoms with Crippen molar-refractivity contribution in [2.75, 3.05) is 58.4 Å². The number of piperazine rings is 1. The molecule has 3 heterocycles. The third kappa shape index (κ3) is 4.27. The molecule has 0 radical (unpaired) electrons. The van der Waals surface area contributed by atoms with Crippen LogP contribution < -0.4 is 14.4 Å². The Hall–Kier alpha value is -2.87. The molecule has 4 rings (SSSR count). The summed E-state index contributed by atoms with van der Waals surface area (Å²) in [7, 11) is 3.28. The molecule has 1 fully saturated rings. The summed E-state index contributed by atoms with van der Waals surface area (Å²) in [5.41, 5.74) is 2.36. The van der Waals surface area contributed by atoms with Gasteiger partial charge in [0.2, 0.25) is 5.91 Å². The van der Waals surface area contributed by atoms with E-state index < -0.39 is 0 Å². The van der Waals surface area contributed by atoms with E-state index in [2.05, 4.69) is 20.0 Å². The maximum Gasteiger partial charge on any atom is 0.237 e. The number of methoxy groups -OCH3 is 2. The molecular weight excluding hydrogens is 370 g/mol. The Balaban J connectivity index is 1.33. The molecule has 2 aliphatic heterocycles. The van der Waals surface area contributed by atoms with E-state index in [0.717, 1.165) is 56.3 Å². The second kappa shape index (κ2) is 8.65. The number of carbonyl (C=O) groups excluding carboxylic acids is 1. The number of hydrogen-bond acceptors (Lipinski definition) is 7. The molecule has 29 heavy (non-hydrogen) atoms. The van der Waals surface area contributed by atoms with Crippen LogP contribution in [0.1, 0.15) is 11.1 Å². The first-order valence-corrected chi connectivity index (χ1v) is 9.94. The fourth-order valence-electron chi connectivity index (χ4n) is 3.98. The van der Waals surface area contributed by atoms with Crippen molar-refractivity contribution in [2.45, 2.75) is 13.0 Å². The topological polar surface area (TPSA) is 71.0 Å². The van der Waals surface area contributed by atoms with Crippen molar-refractivity contribution >= 4 is 11.7 Å². The van der Waals surface area contributed by atoms with Gasteiger partial charge in [-0.15, -0.1) is 5.10 Å². The van der Waals surface area contributed by atoms with Crippen molar-refractivity contribution in [1.82, 2.24) is 20.0 Å². The molecule has 0 bridgehead atoms. The number of amides is 1. The molecule has 0 unspecified atom stereocenters. The van der Waals surface area contributed by atoms with Gasteiger partial charge in [0, 0.05) is 45.5 Å². The number of nitrogens with zero attached hydrogens (tertiary/aromatic N) is 5. The number of anilines is 1. The van der Waals surface area contributed by atoms with Gasteiger partial charge in [0.15, 0.2) is 17.3 Å². The van der Waals surface area contributed by atoms with Crippen LogP contribution in [0.25, 0.3) is 0 Å². The van der Waals surface area contributed by atoms with Gasteiger partial charge in [0.05, 0.1) is 20.8 Å². The SMILES string of the molecule is COc1cc2c(cc1OC)CN(C(=O)CN1CCN(c3cccnn3)CC1)CC2. The Morgan fingerprint density at radius 3 is 2.41 bits per heavy atom. The lowest BCUT2D eigenvalue weighted by Crippen LogP contribution is -2.50. The molecule has 8 heteroatoms. The maximum atomic E-state index is 12.9. The van der Waals surface area contributed by atoms with E-state index in [1.54, 1.807) is 20.4 Å². The van der Waals surface area contributed by atoms with Crippen LogP contribution in [0.15, 0.2) is 30.5 Å². The summed E-state index contributed by atoms with van der Waals surface area (Å²) in [4.78, 5) is 19.3. The van der Waals surface area contributed by atoms with Crippen LogP contribution >= 0.6 is 0 Å². The van der Waals surface area contributed by atoms with Crippen molar-refractivity contribution in [1.29, 1.82) is 0 Å². The number of ether oxygens (including phenoxy) is 2. The highest BCUT2D eigenvalue weighted by molar-refractivity contribution is 5.78. The Bertz CT molecular complexity index is 853. The molecule has 0 aliphatic carbocycles. The second-order valence-electron chi connectivity index (χ2n) is 7.39. The number of rotatable bonds is 5. The van der Waals surface area contributed by atoms with Gasteiger partial charge in [-0.25, -0.2) is 0 Å². The summed E-state index contributed by atoms with van der Waals surface area (Å²) in [6.45, 7) is 5.21. The third-order valence-corrected chi connectivity index (χ3v) is 5.68. The second-order valence-corrected chi connectivity index (χ2v) is 7.39. The summed E-state index contributed by atoms with van der Waals surface area (Å²) in [6, 6.07) is 7.90. The molecule has 154 valence electrons. The van der Waals surface area contributed by atoms with Crippen LogP contribution in [0.2, 0.25) is 0 Å². The van der Waals surface area contributed by atoms with Gasteiger partial charge in [0.1, 0.15) is 0 Å². The molecule has 0 atom stereocenters. The minimum absolute atomic E-state index is 0.179. The summed E-state index contributed by atoms with van der Waals surface area (Å²) < 4.78 is 10.8. The van der Waals surface area contributed by atoms with Gasteiger partial charge in [-0.1, -0.05) is 0 Å². The van der Waals surface area contributed by atoms with Crippen LogP contribution in [0, 0.1) is 0 Å². The summed E-state index contributed by atoms with van der Waals surface area (Å²) in [5.74, 6) is 2.53. The summed E-state index contributed by atoms with van der Waals surface area (Å²) in [6.07, 6.45) is 2.52. The quantitative estimate of drug-likeness (QED) is 0.751. The average molecular weight is 397 g/mol. The monoisotopic (exact) mass is 397 g/mol. The summed E-state index contributed by atoms with van der Waals surface area (Å²) in [5, 5.41) is 8.12. The molecule has 0 saturated carbocycles. The van der Waals surface area contributed by atoms with Gasteiger partial charge in [-0.05, 0) is 41.8 Å². The minimum atomic E-state index is 0.179. The largest absolute Gasteiger partial charge is 0.493 e. The van der Waals surface area contributed by atoms with Crippen molar-refractivity contribution in [3.05, 3.63) is 41.6 Å². The smallest absolute Gasteiger partial charge is 0.237 e. The van der Waals surface area contributed by atoms with E-state index in [1.807, 2.05) is 29.2 Å². The lowest BCUT2D eigenvalue weighted by Gasteiger charge is -2.36. The molecule has 2 aromatic rings.